The molecule has 0 fully saturated rings. The van der Waals surface area contributed by atoms with Gasteiger partial charge in [0, 0.05) is 13.5 Å². The Balaban J connectivity index is 2.60. The Bertz CT molecular complexity index is 225. The molecule has 0 spiro atoms. The molecule has 1 unspecified atom stereocenters. The van der Waals surface area contributed by atoms with Gasteiger partial charge in [-0.1, -0.05) is 0 Å². The number of nitrogens with zero attached hydrogens (tertiary/aromatic N) is 1. The molecule has 4 nitrogen and oxygen atoms in total. The van der Waals surface area contributed by atoms with Gasteiger partial charge in [-0.3, -0.25) is 9.79 Å². The number of aliphatic imine (C=N–C) groups is 1. The topological polar surface area (TPSA) is 47.9 Å². The fourth-order valence-corrected chi connectivity index (χ4v) is 1.45. The fourth-order valence-electron chi connectivity index (χ4n) is 1.45. The van der Waals surface area contributed by atoms with Crippen LogP contribution in [0, 0.1) is 0 Å². The van der Waals surface area contributed by atoms with Crippen LogP contribution in [0.2, 0.25) is 0 Å². The monoisotopic (exact) mass is 199 g/mol. The third-order valence-electron chi connectivity index (χ3n) is 2.02. The largest absolute Gasteiger partial charge is 0.479 e. The van der Waals surface area contributed by atoms with E-state index in [0.29, 0.717) is 12.5 Å². The lowest BCUT2D eigenvalue weighted by molar-refractivity contribution is -0.144. The van der Waals surface area contributed by atoms with E-state index in [-0.39, 0.29) is 12.1 Å². The Morgan fingerprint density at radius 2 is 2.36 bits per heavy atom. The maximum absolute atomic E-state index is 10.8. The van der Waals surface area contributed by atoms with Gasteiger partial charge in [-0.15, -0.1) is 0 Å². The fraction of sp³-hybridized carbons (Fsp3) is 0.800. The summed E-state index contributed by atoms with van der Waals surface area (Å²) in [5, 5.41) is 0. The number of carbonyl (C=O) groups excluding carboxylic acids is 1. The average molecular weight is 199 g/mol. The second-order valence-corrected chi connectivity index (χ2v) is 3.25. The molecule has 80 valence electrons. The highest BCUT2D eigenvalue weighted by molar-refractivity contribution is 5.83. The standard InChI is InChI=1S/C10H17NO3/c1-3-13-10-9(14-8(2)12)6-4-5-7-11-10/h9H,3-7H2,1-2H3. The van der Waals surface area contributed by atoms with E-state index in [2.05, 4.69) is 4.99 Å². The molecular weight excluding hydrogens is 182 g/mol. The van der Waals surface area contributed by atoms with Crippen LogP contribution in [-0.4, -0.2) is 31.1 Å². The molecule has 0 saturated carbocycles. The molecule has 0 aromatic carbocycles. The lowest BCUT2D eigenvalue weighted by Gasteiger charge is -2.16. The highest BCUT2D eigenvalue weighted by Gasteiger charge is 2.22. The van der Waals surface area contributed by atoms with Crippen molar-refractivity contribution in [1.29, 1.82) is 0 Å². The van der Waals surface area contributed by atoms with Crippen molar-refractivity contribution >= 4 is 11.9 Å². The van der Waals surface area contributed by atoms with Crippen molar-refractivity contribution in [2.75, 3.05) is 13.2 Å². The van der Waals surface area contributed by atoms with E-state index in [4.69, 9.17) is 9.47 Å². The number of ether oxygens (including phenoxy) is 2. The van der Waals surface area contributed by atoms with Gasteiger partial charge in [0.15, 0.2) is 6.10 Å². The Labute approximate surface area is 84.3 Å². The van der Waals surface area contributed by atoms with Crippen molar-refractivity contribution < 1.29 is 14.3 Å². The summed E-state index contributed by atoms with van der Waals surface area (Å²) in [6, 6.07) is 0. The summed E-state index contributed by atoms with van der Waals surface area (Å²) in [4.78, 5) is 15.1. The number of hydrogen-bond donors (Lipinski definition) is 0. The molecule has 0 aromatic heterocycles. The Morgan fingerprint density at radius 1 is 1.57 bits per heavy atom. The van der Waals surface area contributed by atoms with Gasteiger partial charge in [-0.05, 0) is 26.2 Å². The highest BCUT2D eigenvalue weighted by Crippen LogP contribution is 2.13. The maximum Gasteiger partial charge on any atom is 0.303 e. The van der Waals surface area contributed by atoms with E-state index in [1.807, 2.05) is 6.92 Å². The summed E-state index contributed by atoms with van der Waals surface area (Å²) >= 11 is 0. The first-order valence-electron chi connectivity index (χ1n) is 5.08. The molecule has 0 aromatic rings. The lowest BCUT2D eigenvalue weighted by atomic mass is 10.2. The molecule has 4 heteroatoms. The van der Waals surface area contributed by atoms with Crippen molar-refractivity contribution in [3.05, 3.63) is 0 Å². The molecule has 0 N–H and O–H groups in total. The zero-order chi connectivity index (χ0) is 10.4. The van der Waals surface area contributed by atoms with Gasteiger partial charge >= 0.3 is 5.97 Å². The van der Waals surface area contributed by atoms with Crippen LogP contribution in [0.25, 0.3) is 0 Å². The second kappa shape index (κ2) is 5.62. The van der Waals surface area contributed by atoms with Crippen molar-refractivity contribution in [3.8, 4) is 0 Å². The number of hydrogen-bond acceptors (Lipinski definition) is 4. The van der Waals surface area contributed by atoms with Gasteiger partial charge in [-0.2, -0.15) is 0 Å². The summed E-state index contributed by atoms with van der Waals surface area (Å²) in [5.74, 6) is 0.310. The molecule has 0 radical (unpaired) electrons. The average Bonchev–Trinajstić information content (AvgIpc) is 2.32. The molecule has 14 heavy (non-hydrogen) atoms. The minimum absolute atomic E-state index is 0.269. The Morgan fingerprint density at radius 3 is 3.00 bits per heavy atom. The number of esters is 1. The zero-order valence-electron chi connectivity index (χ0n) is 8.78. The van der Waals surface area contributed by atoms with E-state index in [0.717, 1.165) is 25.8 Å². The summed E-state index contributed by atoms with van der Waals surface area (Å²) in [6.45, 7) is 4.65. The second-order valence-electron chi connectivity index (χ2n) is 3.25. The summed E-state index contributed by atoms with van der Waals surface area (Å²) < 4.78 is 10.5. The molecule has 1 atom stereocenters. The molecule has 1 aliphatic heterocycles. The Kier molecular flexibility index (Phi) is 4.43. The normalized spacial score (nSPS) is 22.1. The molecule has 0 saturated heterocycles. The van der Waals surface area contributed by atoms with Gasteiger partial charge in [0.25, 0.3) is 0 Å². The van der Waals surface area contributed by atoms with E-state index in [1.165, 1.54) is 6.92 Å². The minimum atomic E-state index is -0.274. The van der Waals surface area contributed by atoms with Crippen molar-refractivity contribution in [2.45, 2.75) is 39.2 Å². The van der Waals surface area contributed by atoms with E-state index in [9.17, 15) is 4.79 Å². The first-order chi connectivity index (χ1) is 6.74. The first-order valence-corrected chi connectivity index (χ1v) is 5.08. The summed E-state index contributed by atoms with van der Waals surface area (Å²) in [5.41, 5.74) is 0. The third-order valence-corrected chi connectivity index (χ3v) is 2.02. The molecule has 1 aliphatic rings. The van der Waals surface area contributed by atoms with Gasteiger partial charge < -0.3 is 9.47 Å². The highest BCUT2D eigenvalue weighted by atomic mass is 16.6. The zero-order valence-corrected chi connectivity index (χ0v) is 8.78. The Hall–Kier alpha value is -1.06. The van der Waals surface area contributed by atoms with Gasteiger partial charge in [-0.25, -0.2) is 0 Å². The number of carbonyl (C=O) groups is 1. The molecule has 0 bridgehead atoms. The first kappa shape index (κ1) is 11.0. The van der Waals surface area contributed by atoms with Gasteiger partial charge in [0.1, 0.15) is 0 Å². The summed E-state index contributed by atoms with van der Waals surface area (Å²) in [7, 11) is 0. The predicted molar refractivity (Wildman–Crippen MR) is 53.3 cm³/mol. The van der Waals surface area contributed by atoms with Gasteiger partial charge in [0.05, 0.1) is 6.61 Å². The van der Waals surface area contributed by atoms with E-state index >= 15 is 0 Å². The predicted octanol–water partition coefficient (Wildman–Crippen LogP) is 1.54. The van der Waals surface area contributed by atoms with Crippen molar-refractivity contribution in [3.63, 3.8) is 0 Å². The van der Waals surface area contributed by atoms with Gasteiger partial charge in [0.2, 0.25) is 5.90 Å². The van der Waals surface area contributed by atoms with Crippen LogP contribution in [-0.2, 0) is 14.3 Å². The molecular formula is C10H17NO3. The maximum atomic E-state index is 10.8. The van der Waals surface area contributed by atoms with Crippen LogP contribution >= 0.6 is 0 Å². The molecule has 0 amide bonds. The number of rotatable bonds is 2. The van der Waals surface area contributed by atoms with Crippen LogP contribution < -0.4 is 0 Å². The SMILES string of the molecule is CCOC1=NCCCCC1OC(C)=O. The van der Waals surface area contributed by atoms with Crippen molar-refractivity contribution in [1.82, 2.24) is 0 Å². The third kappa shape index (κ3) is 3.36. The molecule has 0 aliphatic carbocycles. The van der Waals surface area contributed by atoms with Crippen LogP contribution in [0.1, 0.15) is 33.1 Å². The van der Waals surface area contributed by atoms with E-state index in [1.54, 1.807) is 0 Å². The van der Waals surface area contributed by atoms with Crippen LogP contribution in [0.3, 0.4) is 0 Å². The van der Waals surface area contributed by atoms with Crippen molar-refractivity contribution in [2.24, 2.45) is 4.99 Å². The van der Waals surface area contributed by atoms with Crippen LogP contribution in [0.5, 0.6) is 0 Å². The minimum Gasteiger partial charge on any atom is -0.479 e. The molecule has 1 rings (SSSR count). The lowest BCUT2D eigenvalue weighted by Crippen LogP contribution is -2.28. The van der Waals surface area contributed by atoms with Crippen LogP contribution in [0.15, 0.2) is 4.99 Å². The molecule has 1 heterocycles. The van der Waals surface area contributed by atoms with E-state index < -0.39 is 0 Å². The summed E-state index contributed by atoms with van der Waals surface area (Å²) in [6.07, 6.45) is 2.61. The van der Waals surface area contributed by atoms with Crippen LogP contribution in [0.4, 0.5) is 0 Å². The quantitative estimate of drug-likeness (QED) is 0.634. The smallest absolute Gasteiger partial charge is 0.303 e.